The van der Waals surface area contributed by atoms with E-state index in [-0.39, 0.29) is 17.7 Å². The highest BCUT2D eigenvalue weighted by Crippen LogP contribution is 2.17. The molecule has 0 saturated heterocycles. The Kier molecular flexibility index (Phi) is 8.28. The first-order valence-corrected chi connectivity index (χ1v) is 10.9. The minimum absolute atomic E-state index is 0.0990. The van der Waals surface area contributed by atoms with Crippen molar-refractivity contribution in [1.29, 1.82) is 0 Å². The van der Waals surface area contributed by atoms with Crippen LogP contribution >= 0.6 is 11.6 Å². The summed E-state index contributed by atoms with van der Waals surface area (Å²) in [6, 6.07) is 23.5. The van der Waals surface area contributed by atoms with Crippen LogP contribution < -0.4 is 15.4 Å². The van der Waals surface area contributed by atoms with Crippen LogP contribution in [0.4, 0.5) is 0 Å². The fourth-order valence-electron chi connectivity index (χ4n) is 3.24. The van der Waals surface area contributed by atoms with E-state index in [1.54, 1.807) is 24.3 Å². The maximum atomic E-state index is 12.9. The zero-order valence-electron chi connectivity index (χ0n) is 18.2. The van der Waals surface area contributed by atoms with Crippen molar-refractivity contribution in [3.8, 4) is 5.75 Å². The third kappa shape index (κ3) is 6.34. The first-order valence-electron chi connectivity index (χ1n) is 10.5. The van der Waals surface area contributed by atoms with Gasteiger partial charge < -0.3 is 15.4 Å². The second kappa shape index (κ2) is 11.3. The van der Waals surface area contributed by atoms with Crippen molar-refractivity contribution in [3.05, 3.63) is 101 Å². The van der Waals surface area contributed by atoms with Crippen LogP contribution in [-0.4, -0.2) is 17.9 Å². The summed E-state index contributed by atoms with van der Waals surface area (Å²) in [4.78, 5) is 25.6. The molecular weight excluding hydrogens is 424 g/mol. The lowest BCUT2D eigenvalue weighted by Crippen LogP contribution is -2.49. The Hall–Kier alpha value is -3.31. The van der Waals surface area contributed by atoms with Crippen molar-refractivity contribution in [2.75, 3.05) is 0 Å². The van der Waals surface area contributed by atoms with Crippen LogP contribution in [0.3, 0.4) is 0 Å². The summed E-state index contributed by atoms with van der Waals surface area (Å²) in [6.07, 6.45) is 0. The molecule has 3 aromatic rings. The summed E-state index contributed by atoms with van der Waals surface area (Å²) < 4.78 is 5.86. The Morgan fingerprint density at radius 1 is 0.875 bits per heavy atom. The second-order valence-corrected chi connectivity index (χ2v) is 8.17. The van der Waals surface area contributed by atoms with Crippen LogP contribution in [0.2, 0.25) is 5.02 Å². The molecule has 0 spiro atoms. The van der Waals surface area contributed by atoms with Gasteiger partial charge in [-0.2, -0.15) is 0 Å². The van der Waals surface area contributed by atoms with Gasteiger partial charge in [0.1, 0.15) is 18.4 Å². The van der Waals surface area contributed by atoms with Crippen molar-refractivity contribution in [2.24, 2.45) is 5.92 Å². The van der Waals surface area contributed by atoms with Crippen LogP contribution in [0.25, 0.3) is 0 Å². The molecule has 0 aromatic heterocycles. The summed E-state index contributed by atoms with van der Waals surface area (Å²) >= 11 is 6.12. The molecule has 0 radical (unpaired) electrons. The first kappa shape index (κ1) is 23.4. The number of amides is 2. The lowest BCUT2D eigenvalue weighted by Gasteiger charge is -2.22. The predicted octanol–water partition coefficient (Wildman–Crippen LogP) is 4.99. The Morgan fingerprint density at radius 2 is 1.50 bits per heavy atom. The van der Waals surface area contributed by atoms with E-state index in [9.17, 15) is 9.59 Å². The van der Waals surface area contributed by atoms with Crippen LogP contribution in [0, 0.1) is 5.92 Å². The first-order chi connectivity index (χ1) is 15.5. The molecule has 5 nitrogen and oxygen atoms in total. The van der Waals surface area contributed by atoms with Gasteiger partial charge in [-0.05, 0) is 41.3 Å². The molecule has 0 aliphatic heterocycles. The van der Waals surface area contributed by atoms with Crippen LogP contribution in [-0.2, 0) is 17.9 Å². The number of nitrogens with one attached hydrogen (secondary N) is 2. The van der Waals surface area contributed by atoms with Gasteiger partial charge in [0.2, 0.25) is 5.91 Å². The topological polar surface area (TPSA) is 67.4 Å². The maximum Gasteiger partial charge on any atom is 0.253 e. The normalized spacial score (nSPS) is 11.6. The van der Waals surface area contributed by atoms with Gasteiger partial charge in [-0.15, -0.1) is 0 Å². The van der Waals surface area contributed by atoms with E-state index in [2.05, 4.69) is 10.6 Å². The molecule has 0 bridgehead atoms. The highest BCUT2D eigenvalue weighted by Gasteiger charge is 2.25. The van der Waals surface area contributed by atoms with E-state index in [4.69, 9.17) is 16.3 Å². The summed E-state index contributed by atoms with van der Waals surface area (Å²) in [6.45, 7) is 4.50. The molecule has 3 aromatic carbocycles. The fourth-order valence-corrected chi connectivity index (χ4v) is 3.46. The van der Waals surface area contributed by atoms with Crippen molar-refractivity contribution in [1.82, 2.24) is 10.6 Å². The molecule has 3 rings (SSSR count). The molecule has 1 unspecified atom stereocenters. The fraction of sp³-hybridized carbons (Fsp3) is 0.231. The largest absolute Gasteiger partial charge is 0.489 e. The van der Waals surface area contributed by atoms with Crippen molar-refractivity contribution in [2.45, 2.75) is 33.0 Å². The molecule has 0 fully saturated rings. The SMILES string of the molecule is CC(C)C(NC(=O)c1ccccc1Cl)C(=O)NCc1ccccc1COc1ccccc1. The summed E-state index contributed by atoms with van der Waals surface area (Å²) in [5, 5.41) is 6.11. The summed E-state index contributed by atoms with van der Waals surface area (Å²) in [5.41, 5.74) is 2.28. The van der Waals surface area contributed by atoms with Crippen molar-refractivity contribution >= 4 is 23.4 Å². The molecular formula is C26H27ClN2O3. The number of halogens is 1. The average molecular weight is 451 g/mol. The van der Waals surface area contributed by atoms with Gasteiger partial charge in [0.05, 0.1) is 10.6 Å². The minimum Gasteiger partial charge on any atom is -0.489 e. The minimum atomic E-state index is -0.688. The predicted molar refractivity (Wildman–Crippen MR) is 127 cm³/mol. The third-order valence-corrected chi connectivity index (χ3v) is 5.39. The molecule has 0 saturated carbocycles. The number of hydrogen-bond donors (Lipinski definition) is 2. The van der Waals surface area contributed by atoms with Crippen LogP contribution in [0.15, 0.2) is 78.9 Å². The zero-order chi connectivity index (χ0) is 22.9. The number of benzene rings is 3. The molecule has 0 aliphatic carbocycles. The Balaban J connectivity index is 1.63. The molecule has 0 heterocycles. The lowest BCUT2D eigenvalue weighted by atomic mass is 10.0. The van der Waals surface area contributed by atoms with E-state index < -0.39 is 6.04 Å². The molecule has 6 heteroatoms. The summed E-state index contributed by atoms with van der Waals surface area (Å²) in [7, 11) is 0. The Bertz CT molecular complexity index is 1050. The highest BCUT2D eigenvalue weighted by atomic mass is 35.5. The van der Waals surface area contributed by atoms with E-state index in [1.807, 2.05) is 68.4 Å². The quantitative estimate of drug-likeness (QED) is 0.482. The lowest BCUT2D eigenvalue weighted by molar-refractivity contribution is -0.124. The van der Waals surface area contributed by atoms with Crippen molar-refractivity contribution in [3.63, 3.8) is 0 Å². The van der Waals surface area contributed by atoms with Gasteiger partial charge in [-0.25, -0.2) is 0 Å². The number of para-hydroxylation sites is 1. The standard InChI is InChI=1S/C26H27ClN2O3/c1-18(2)24(29-25(30)22-14-8-9-15-23(22)27)26(31)28-16-19-10-6-7-11-20(19)17-32-21-12-4-3-5-13-21/h3-15,18,24H,16-17H2,1-2H3,(H,28,31)(H,29,30). The third-order valence-electron chi connectivity index (χ3n) is 5.06. The monoisotopic (exact) mass is 450 g/mol. The molecule has 1 atom stereocenters. The molecule has 2 amide bonds. The van der Waals surface area contributed by atoms with Crippen LogP contribution in [0.5, 0.6) is 5.75 Å². The smallest absolute Gasteiger partial charge is 0.253 e. The van der Waals surface area contributed by atoms with E-state index in [0.717, 1.165) is 16.9 Å². The Labute approximate surface area is 193 Å². The Morgan fingerprint density at radius 3 is 2.19 bits per heavy atom. The van der Waals surface area contributed by atoms with Gasteiger partial charge >= 0.3 is 0 Å². The number of carbonyl (C=O) groups excluding carboxylic acids is 2. The highest BCUT2D eigenvalue weighted by molar-refractivity contribution is 6.33. The van der Waals surface area contributed by atoms with Crippen LogP contribution in [0.1, 0.15) is 35.3 Å². The number of hydrogen-bond acceptors (Lipinski definition) is 3. The summed E-state index contributed by atoms with van der Waals surface area (Å²) in [5.74, 6) is 0.0619. The molecule has 166 valence electrons. The van der Waals surface area contributed by atoms with Gasteiger partial charge in [0.25, 0.3) is 5.91 Å². The van der Waals surface area contributed by atoms with Crippen molar-refractivity contribution < 1.29 is 14.3 Å². The average Bonchev–Trinajstić information content (AvgIpc) is 2.80. The van der Waals surface area contributed by atoms with Gasteiger partial charge in [0.15, 0.2) is 0 Å². The molecule has 2 N–H and O–H groups in total. The number of rotatable bonds is 9. The maximum absolute atomic E-state index is 12.9. The number of carbonyl (C=O) groups is 2. The van der Waals surface area contributed by atoms with Gasteiger partial charge in [-0.1, -0.05) is 80.0 Å². The van der Waals surface area contributed by atoms with E-state index in [0.29, 0.717) is 23.7 Å². The zero-order valence-corrected chi connectivity index (χ0v) is 18.9. The molecule has 32 heavy (non-hydrogen) atoms. The second-order valence-electron chi connectivity index (χ2n) is 7.76. The van der Waals surface area contributed by atoms with Gasteiger partial charge in [0, 0.05) is 6.54 Å². The van der Waals surface area contributed by atoms with E-state index >= 15 is 0 Å². The number of ether oxygens (including phenoxy) is 1. The molecule has 0 aliphatic rings. The van der Waals surface area contributed by atoms with E-state index in [1.165, 1.54) is 0 Å². The van der Waals surface area contributed by atoms with Gasteiger partial charge in [-0.3, -0.25) is 9.59 Å².